The topological polar surface area (TPSA) is 22.1 Å². The molecule has 0 N–H and O–H groups in total. The lowest BCUT2D eigenvalue weighted by molar-refractivity contribution is 0.478. The number of hydrogen-bond donors (Lipinski definition) is 0. The molecule has 1 aromatic carbocycles. The number of benzene rings is 1. The van der Waals surface area contributed by atoms with Crippen LogP contribution >= 0.6 is 15.9 Å². The summed E-state index contributed by atoms with van der Waals surface area (Å²) < 4.78 is 6.58. The summed E-state index contributed by atoms with van der Waals surface area (Å²) in [5.74, 6) is 1.61. The fraction of sp³-hybridized carbons (Fsp3) is 0.154. The highest BCUT2D eigenvalue weighted by Gasteiger charge is 2.01. The maximum absolute atomic E-state index is 5.72. The van der Waals surface area contributed by atoms with E-state index in [9.17, 15) is 0 Å². The first-order chi connectivity index (χ1) is 7.79. The fourth-order valence-corrected chi connectivity index (χ4v) is 1.70. The zero-order valence-corrected chi connectivity index (χ0v) is 10.6. The number of halogens is 1. The van der Waals surface area contributed by atoms with Crippen molar-refractivity contribution in [3.63, 3.8) is 0 Å². The molecule has 0 atom stereocenters. The number of hydrogen-bond acceptors (Lipinski definition) is 2. The fourth-order valence-electron chi connectivity index (χ4n) is 1.37. The molecule has 1 heterocycles. The smallest absolute Gasteiger partial charge is 0.144 e. The van der Waals surface area contributed by atoms with E-state index in [-0.39, 0.29) is 0 Å². The lowest BCUT2D eigenvalue weighted by atomic mass is 10.2. The number of nitrogens with zero attached hydrogens (tertiary/aromatic N) is 1. The summed E-state index contributed by atoms with van der Waals surface area (Å²) in [6, 6.07) is 9.93. The molecule has 1 aromatic heterocycles. The van der Waals surface area contributed by atoms with Crippen LogP contribution in [0, 0.1) is 0 Å². The third-order valence-corrected chi connectivity index (χ3v) is 2.89. The SMILES string of the molecule is CCc1ccc(Oc2ccncc2Br)cc1. The quantitative estimate of drug-likeness (QED) is 0.839. The van der Waals surface area contributed by atoms with Gasteiger partial charge in [-0.3, -0.25) is 4.98 Å². The standard InChI is InChI=1S/C13H12BrNO/c1-2-10-3-5-11(6-4-10)16-13-7-8-15-9-12(13)14/h3-9H,2H2,1H3. The Balaban J connectivity index is 2.18. The predicted octanol–water partition coefficient (Wildman–Crippen LogP) is 4.20. The molecule has 0 fully saturated rings. The third-order valence-electron chi connectivity index (χ3n) is 2.29. The molecule has 0 bridgehead atoms. The third kappa shape index (κ3) is 2.61. The van der Waals surface area contributed by atoms with Crippen LogP contribution in [0.5, 0.6) is 11.5 Å². The van der Waals surface area contributed by atoms with Crippen molar-refractivity contribution in [3.05, 3.63) is 52.8 Å². The van der Waals surface area contributed by atoms with E-state index < -0.39 is 0 Å². The Kier molecular flexibility index (Phi) is 3.57. The Morgan fingerprint density at radius 2 is 1.94 bits per heavy atom. The number of ether oxygens (including phenoxy) is 1. The summed E-state index contributed by atoms with van der Waals surface area (Å²) >= 11 is 3.39. The van der Waals surface area contributed by atoms with Gasteiger partial charge in [0, 0.05) is 18.5 Å². The van der Waals surface area contributed by atoms with E-state index in [2.05, 4.69) is 40.0 Å². The monoisotopic (exact) mass is 277 g/mol. The van der Waals surface area contributed by atoms with Crippen molar-refractivity contribution < 1.29 is 4.74 Å². The molecule has 0 radical (unpaired) electrons. The highest BCUT2D eigenvalue weighted by molar-refractivity contribution is 9.10. The second-order valence-electron chi connectivity index (χ2n) is 3.41. The van der Waals surface area contributed by atoms with Crippen LogP contribution in [0.4, 0.5) is 0 Å². The van der Waals surface area contributed by atoms with Crippen LogP contribution in [0.1, 0.15) is 12.5 Å². The Morgan fingerprint density at radius 3 is 2.56 bits per heavy atom. The van der Waals surface area contributed by atoms with Crippen molar-refractivity contribution in [3.8, 4) is 11.5 Å². The molecule has 2 rings (SSSR count). The van der Waals surface area contributed by atoms with Gasteiger partial charge in [-0.1, -0.05) is 19.1 Å². The molecule has 0 saturated carbocycles. The van der Waals surface area contributed by atoms with Crippen molar-refractivity contribution in [1.29, 1.82) is 0 Å². The van der Waals surface area contributed by atoms with Crippen molar-refractivity contribution in [2.75, 3.05) is 0 Å². The Hall–Kier alpha value is -1.35. The molecule has 0 saturated heterocycles. The summed E-state index contributed by atoms with van der Waals surface area (Å²) in [7, 11) is 0. The summed E-state index contributed by atoms with van der Waals surface area (Å²) in [5, 5.41) is 0. The summed E-state index contributed by atoms with van der Waals surface area (Å²) in [6.45, 7) is 2.13. The summed E-state index contributed by atoms with van der Waals surface area (Å²) in [6.07, 6.45) is 4.47. The molecular weight excluding hydrogens is 266 g/mol. The van der Waals surface area contributed by atoms with E-state index in [0.29, 0.717) is 0 Å². The van der Waals surface area contributed by atoms with Gasteiger partial charge in [0.05, 0.1) is 4.47 Å². The number of pyridine rings is 1. The average Bonchev–Trinajstić information content (AvgIpc) is 2.33. The van der Waals surface area contributed by atoms with Crippen LogP contribution in [-0.2, 0) is 6.42 Å². The molecule has 16 heavy (non-hydrogen) atoms. The van der Waals surface area contributed by atoms with Crippen LogP contribution in [0.15, 0.2) is 47.2 Å². The number of aryl methyl sites for hydroxylation is 1. The van der Waals surface area contributed by atoms with Crippen LogP contribution in [0.3, 0.4) is 0 Å². The molecule has 0 unspecified atom stereocenters. The minimum atomic E-state index is 0.777. The highest BCUT2D eigenvalue weighted by Crippen LogP contribution is 2.28. The van der Waals surface area contributed by atoms with E-state index in [0.717, 1.165) is 22.4 Å². The zero-order chi connectivity index (χ0) is 11.4. The molecule has 3 heteroatoms. The van der Waals surface area contributed by atoms with Gasteiger partial charge in [-0.05, 0) is 40.0 Å². The molecule has 0 aliphatic carbocycles. The van der Waals surface area contributed by atoms with Gasteiger partial charge in [0.1, 0.15) is 11.5 Å². The molecule has 0 amide bonds. The molecule has 2 nitrogen and oxygen atoms in total. The summed E-state index contributed by atoms with van der Waals surface area (Å²) in [5.41, 5.74) is 1.31. The highest BCUT2D eigenvalue weighted by atomic mass is 79.9. The number of rotatable bonds is 3. The first kappa shape index (κ1) is 11.1. The lowest BCUT2D eigenvalue weighted by Crippen LogP contribution is -1.87. The molecule has 0 aliphatic rings. The first-order valence-corrected chi connectivity index (χ1v) is 5.95. The van der Waals surface area contributed by atoms with E-state index in [4.69, 9.17) is 4.74 Å². The van der Waals surface area contributed by atoms with Gasteiger partial charge >= 0.3 is 0 Å². The second kappa shape index (κ2) is 5.12. The summed E-state index contributed by atoms with van der Waals surface area (Å²) in [4.78, 5) is 3.99. The minimum Gasteiger partial charge on any atom is -0.456 e. The van der Waals surface area contributed by atoms with Crippen LogP contribution in [0.2, 0.25) is 0 Å². The number of aromatic nitrogens is 1. The van der Waals surface area contributed by atoms with Gasteiger partial charge in [-0.15, -0.1) is 0 Å². The van der Waals surface area contributed by atoms with Gasteiger partial charge in [-0.2, -0.15) is 0 Å². The lowest BCUT2D eigenvalue weighted by Gasteiger charge is -2.07. The molecule has 0 spiro atoms. The maximum atomic E-state index is 5.72. The minimum absolute atomic E-state index is 0.777. The van der Waals surface area contributed by atoms with Crippen molar-refractivity contribution >= 4 is 15.9 Å². The normalized spacial score (nSPS) is 10.1. The van der Waals surface area contributed by atoms with Gasteiger partial charge in [0.2, 0.25) is 0 Å². The van der Waals surface area contributed by atoms with Crippen molar-refractivity contribution in [1.82, 2.24) is 4.98 Å². The predicted molar refractivity (Wildman–Crippen MR) is 67.8 cm³/mol. The molecular formula is C13H12BrNO. The van der Waals surface area contributed by atoms with E-state index >= 15 is 0 Å². The van der Waals surface area contributed by atoms with Crippen molar-refractivity contribution in [2.45, 2.75) is 13.3 Å². The second-order valence-corrected chi connectivity index (χ2v) is 4.26. The Morgan fingerprint density at radius 1 is 1.19 bits per heavy atom. The largest absolute Gasteiger partial charge is 0.456 e. The molecule has 0 aliphatic heterocycles. The van der Waals surface area contributed by atoms with Gasteiger partial charge in [0.25, 0.3) is 0 Å². The average molecular weight is 278 g/mol. The molecule has 82 valence electrons. The van der Waals surface area contributed by atoms with E-state index in [1.807, 2.05) is 18.2 Å². The zero-order valence-electron chi connectivity index (χ0n) is 8.98. The van der Waals surface area contributed by atoms with Crippen LogP contribution in [0.25, 0.3) is 0 Å². The molecule has 2 aromatic rings. The Bertz CT molecular complexity index is 468. The van der Waals surface area contributed by atoms with Crippen LogP contribution < -0.4 is 4.74 Å². The first-order valence-electron chi connectivity index (χ1n) is 5.16. The van der Waals surface area contributed by atoms with E-state index in [1.165, 1.54) is 5.56 Å². The van der Waals surface area contributed by atoms with Gasteiger partial charge in [0.15, 0.2) is 0 Å². The van der Waals surface area contributed by atoms with Crippen molar-refractivity contribution in [2.24, 2.45) is 0 Å². The maximum Gasteiger partial charge on any atom is 0.144 e. The van der Waals surface area contributed by atoms with Crippen LogP contribution in [-0.4, -0.2) is 4.98 Å². The van der Waals surface area contributed by atoms with Gasteiger partial charge in [-0.25, -0.2) is 0 Å². The van der Waals surface area contributed by atoms with Gasteiger partial charge < -0.3 is 4.74 Å². The Labute approximate surface area is 103 Å². The van der Waals surface area contributed by atoms with E-state index in [1.54, 1.807) is 12.4 Å².